The molecule has 0 aliphatic rings. The summed E-state index contributed by atoms with van der Waals surface area (Å²) in [5.41, 5.74) is 1.03. The van der Waals surface area contributed by atoms with E-state index in [0.717, 1.165) is 5.56 Å². The highest BCUT2D eigenvalue weighted by Gasteiger charge is 2.18. The second-order valence-electron chi connectivity index (χ2n) is 4.03. The van der Waals surface area contributed by atoms with Crippen molar-refractivity contribution in [3.05, 3.63) is 72.3 Å². The van der Waals surface area contributed by atoms with E-state index in [-0.39, 0.29) is 6.16 Å². The minimum atomic E-state index is -3.27. The molecule has 1 N–H and O–H groups in total. The third kappa shape index (κ3) is 3.43. The predicted octanol–water partition coefficient (Wildman–Crippen LogP) is 3.30. The summed E-state index contributed by atoms with van der Waals surface area (Å²) in [7, 11) is -3.27. The van der Waals surface area contributed by atoms with Gasteiger partial charge in [0.15, 0.2) is 0 Å². The standard InChI is InChI=1S/C15H15O2P/c16-18(17,15-11-5-2-6-12-15)13-7-10-14-8-3-1-4-9-14/h1-12H,13H2,(H,16,17)/b10-7+. The van der Waals surface area contributed by atoms with Crippen LogP contribution in [0.3, 0.4) is 0 Å². The highest BCUT2D eigenvalue weighted by Crippen LogP contribution is 2.39. The molecule has 3 heteroatoms. The van der Waals surface area contributed by atoms with Gasteiger partial charge in [-0.15, -0.1) is 0 Å². The lowest BCUT2D eigenvalue weighted by atomic mass is 10.2. The van der Waals surface area contributed by atoms with Crippen molar-refractivity contribution in [2.24, 2.45) is 0 Å². The van der Waals surface area contributed by atoms with E-state index in [4.69, 9.17) is 0 Å². The lowest BCUT2D eigenvalue weighted by molar-refractivity contribution is 0.493. The second-order valence-corrected chi connectivity index (χ2v) is 6.32. The van der Waals surface area contributed by atoms with E-state index in [1.165, 1.54) is 0 Å². The molecule has 0 radical (unpaired) electrons. The Morgan fingerprint density at radius 1 is 0.944 bits per heavy atom. The van der Waals surface area contributed by atoms with Crippen LogP contribution in [0.25, 0.3) is 6.08 Å². The summed E-state index contributed by atoms with van der Waals surface area (Å²) < 4.78 is 12.1. The van der Waals surface area contributed by atoms with Gasteiger partial charge in [0, 0.05) is 11.5 Å². The first kappa shape index (κ1) is 12.8. The van der Waals surface area contributed by atoms with Crippen molar-refractivity contribution in [3.8, 4) is 0 Å². The van der Waals surface area contributed by atoms with Crippen LogP contribution in [-0.4, -0.2) is 11.1 Å². The molecule has 0 bridgehead atoms. The van der Waals surface area contributed by atoms with Crippen molar-refractivity contribution in [2.75, 3.05) is 6.16 Å². The Morgan fingerprint density at radius 3 is 2.11 bits per heavy atom. The molecule has 92 valence electrons. The average Bonchev–Trinajstić information content (AvgIpc) is 2.41. The third-order valence-electron chi connectivity index (χ3n) is 2.62. The summed E-state index contributed by atoms with van der Waals surface area (Å²) in [6.45, 7) is 0. The van der Waals surface area contributed by atoms with Gasteiger partial charge in [-0.2, -0.15) is 0 Å². The Kier molecular flexibility index (Phi) is 4.14. The third-order valence-corrected chi connectivity index (χ3v) is 4.43. The van der Waals surface area contributed by atoms with Gasteiger partial charge >= 0.3 is 0 Å². The van der Waals surface area contributed by atoms with Crippen LogP contribution in [0.4, 0.5) is 0 Å². The van der Waals surface area contributed by atoms with Crippen molar-refractivity contribution < 1.29 is 9.46 Å². The van der Waals surface area contributed by atoms with Gasteiger partial charge in [0.25, 0.3) is 0 Å². The molecule has 2 aromatic rings. The molecule has 1 atom stereocenters. The van der Waals surface area contributed by atoms with E-state index in [2.05, 4.69) is 0 Å². The lowest BCUT2D eigenvalue weighted by Crippen LogP contribution is -2.05. The van der Waals surface area contributed by atoms with E-state index >= 15 is 0 Å². The minimum absolute atomic E-state index is 0.159. The summed E-state index contributed by atoms with van der Waals surface area (Å²) in [6.07, 6.45) is 3.78. The van der Waals surface area contributed by atoms with Crippen LogP contribution in [0.15, 0.2) is 66.7 Å². The van der Waals surface area contributed by atoms with Gasteiger partial charge < -0.3 is 4.89 Å². The van der Waals surface area contributed by atoms with Crippen molar-refractivity contribution in [2.45, 2.75) is 0 Å². The van der Waals surface area contributed by atoms with Crippen molar-refractivity contribution >= 4 is 18.7 Å². The number of allylic oxidation sites excluding steroid dienone is 1. The largest absolute Gasteiger partial charge is 0.341 e. The van der Waals surface area contributed by atoms with Crippen LogP contribution in [0.1, 0.15) is 5.56 Å². The maximum Gasteiger partial charge on any atom is 0.233 e. The number of benzene rings is 2. The molecule has 0 spiro atoms. The summed E-state index contributed by atoms with van der Waals surface area (Å²) in [4.78, 5) is 9.97. The molecule has 0 fully saturated rings. The highest BCUT2D eigenvalue weighted by atomic mass is 31.2. The summed E-state index contributed by atoms with van der Waals surface area (Å²) >= 11 is 0. The zero-order chi connectivity index (χ0) is 12.8. The molecule has 0 aromatic heterocycles. The SMILES string of the molecule is O=P(O)(C/C=C/c1ccccc1)c1ccccc1. The quantitative estimate of drug-likeness (QED) is 0.854. The van der Waals surface area contributed by atoms with Crippen LogP contribution in [-0.2, 0) is 4.57 Å². The summed E-state index contributed by atoms with van der Waals surface area (Å²) in [5, 5.41) is 0.503. The van der Waals surface area contributed by atoms with Crippen molar-refractivity contribution in [1.29, 1.82) is 0 Å². The minimum Gasteiger partial charge on any atom is -0.341 e. The topological polar surface area (TPSA) is 37.3 Å². The van der Waals surface area contributed by atoms with Gasteiger partial charge in [-0.05, 0) is 17.7 Å². The highest BCUT2D eigenvalue weighted by molar-refractivity contribution is 7.66. The van der Waals surface area contributed by atoms with Gasteiger partial charge in [-0.25, -0.2) is 0 Å². The van der Waals surface area contributed by atoms with Gasteiger partial charge in [0.2, 0.25) is 7.37 Å². The van der Waals surface area contributed by atoms with Crippen LogP contribution in [0.2, 0.25) is 0 Å². The van der Waals surface area contributed by atoms with Crippen LogP contribution in [0.5, 0.6) is 0 Å². The van der Waals surface area contributed by atoms with Gasteiger partial charge in [-0.1, -0.05) is 60.7 Å². The number of rotatable bonds is 4. The average molecular weight is 258 g/mol. The van der Waals surface area contributed by atoms with E-state index in [1.54, 1.807) is 30.3 Å². The van der Waals surface area contributed by atoms with Crippen molar-refractivity contribution in [1.82, 2.24) is 0 Å². The predicted molar refractivity (Wildman–Crippen MR) is 76.2 cm³/mol. The molecule has 0 saturated carbocycles. The Bertz CT molecular complexity index is 562. The molecular weight excluding hydrogens is 243 g/mol. The molecule has 0 aliphatic carbocycles. The number of hydrogen-bond acceptors (Lipinski definition) is 1. The van der Waals surface area contributed by atoms with Crippen molar-refractivity contribution in [3.63, 3.8) is 0 Å². The smallest absolute Gasteiger partial charge is 0.233 e. The van der Waals surface area contributed by atoms with Gasteiger partial charge in [0.05, 0.1) is 0 Å². The molecule has 0 saturated heterocycles. The molecule has 0 amide bonds. The Labute approximate surface area is 107 Å². The molecule has 18 heavy (non-hydrogen) atoms. The fourth-order valence-corrected chi connectivity index (χ4v) is 2.90. The first-order valence-electron chi connectivity index (χ1n) is 5.77. The molecular formula is C15H15O2P. The lowest BCUT2D eigenvalue weighted by Gasteiger charge is -2.08. The maximum absolute atomic E-state index is 12.1. The fourth-order valence-electron chi connectivity index (χ4n) is 1.66. The fraction of sp³-hybridized carbons (Fsp3) is 0.0667. The Hall–Kier alpha value is -1.63. The monoisotopic (exact) mass is 258 g/mol. The zero-order valence-corrected chi connectivity index (χ0v) is 10.8. The van der Waals surface area contributed by atoms with E-state index in [0.29, 0.717) is 5.30 Å². The van der Waals surface area contributed by atoms with Crippen LogP contribution in [0, 0.1) is 0 Å². The zero-order valence-electron chi connectivity index (χ0n) is 9.94. The van der Waals surface area contributed by atoms with E-state index in [1.807, 2.05) is 42.5 Å². The van der Waals surface area contributed by atoms with Crippen LogP contribution < -0.4 is 5.30 Å². The first-order chi connectivity index (χ1) is 8.68. The van der Waals surface area contributed by atoms with Gasteiger partial charge in [0.1, 0.15) is 0 Å². The normalized spacial score (nSPS) is 14.5. The Balaban J connectivity index is 2.06. The first-order valence-corrected chi connectivity index (χ1v) is 7.62. The molecule has 2 nitrogen and oxygen atoms in total. The van der Waals surface area contributed by atoms with E-state index in [9.17, 15) is 9.46 Å². The molecule has 2 rings (SSSR count). The molecule has 2 aromatic carbocycles. The second kappa shape index (κ2) is 5.81. The molecule has 0 aliphatic heterocycles. The molecule has 0 heterocycles. The van der Waals surface area contributed by atoms with Gasteiger partial charge in [-0.3, -0.25) is 4.57 Å². The summed E-state index contributed by atoms with van der Waals surface area (Å²) in [6, 6.07) is 18.5. The maximum atomic E-state index is 12.1. The Morgan fingerprint density at radius 2 is 1.50 bits per heavy atom. The molecule has 1 unspecified atom stereocenters. The van der Waals surface area contributed by atoms with E-state index < -0.39 is 7.37 Å². The number of hydrogen-bond donors (Lipinski definition) is 1. The van der Waals surface area contributed by atoms with Crippen LogP contribution >= 0.6 is 7.37 Å². The summed E-state index contributed by atoms with van der Waals surface area (Å²) in [5.74, 6) is 0.